The largest absolute Gasteiger partial charge is 0.478 e. The van der Waals surface area contributed by atoms with E-state index in [0.29, 0.717) is 12.1 Å². The molecule has 31 heavy (non-hydrogen) atoms. The lowest BCUT2D eigenvalue weighted by molar-refractivity contribution is -0.189. The summed E-state index contributed by atoms with van der Waals surface area (Å²) in [7, 11) is -4.47. The van der Waals surface area contributed by atoms with E-state index in [1.54, 1.807) is 4.72 Å². The molecule has 0 saturated heterocycles. The molecule has 2 aromatic rings. The van der Waals surface area contributed by atoms with Crippen LogP contribution in [0, 0.1) is 17.0 Å². The van der Waals surface area contributed by atoms with Crippen LogP contribution < -0.4 is 10.0 Å². The monoisotopic (exact) mass is 464 g/mol. The highest BCUT2D eigenvalue weighted by atomic mass is 32.2. The highest BCUT2D eigenvalue weighted by molar-refractivity contribution is 7.92. The van der Waals surface area contributed by atoms with Gasteiger partial charge in [0.25, 0.3) is 10.0 Å². The molecule has 0 heterocycles. The number of carboxylic acids is 1. The highest BCUT2D eigenvalue weighted by Gasteiger charge is 2.68. The summed E-state index contributed by atoms with van der Waals surface area (Å²) in [5.41, 5.74) is -4.39. The number of sulfonamides is 1. The molecule has 0 spiro atoms. The Bertz CT molecular complexity index is 1160. The average molecular weight is 464 g/mol. The van der Waals surface area contributed by atoms with Crippen molar-refractivity contribution in [1.29, 1.82) is 0 Å². The fraction of sp³-hybridized carbons (Fsp3) is 0.222. The summed E-state index contributed by atoms with van der Waals surface area (Å²) in [4.78, 5) is 22.2. The lowest BCUT2D eigenvalue weighted by Gasteiger charge is -2.18. The summed E-state index contributed by atoms with van der Waals surface area (Å²) in [6.45, 7) is 0. The quantitative estimate of drug-likeness (QED) is 0.564. The van der Waals surface area contributed by atoms with Crippen molar-refractivity contribution in [1.82, 2.24) is 0 Å². The number of alkyl halides is 3. The summed E-state index contributed by atoms with van der Waals surface area (Å²) in [6.07, 6.45) is -5.40. The minimum atomic E-state index is -4.71. The predicted octanol–water partition coefficient (Wildman–Crippen LogP) is 3.74. The number of nitrogens with one attached hydrogen (secondary N) is 2. The summed E-state index contributed by atoms with van der Waals surface area (Å²) >= 11 is 0. The first-order valence-electron chi connectivity index (χ1n) is 8.50. The van der Waals surface area contributed by atoms with Crippen molar-refractivity contribution >= 4 is 33.3 Å². The number of carboxylic acid groups (broad SMARTS) is 1. The number of carbonyl (C=O) groups excluding carboxylic acids is 1. The van der Waals surface area contributed by atoms with Crippen LogP contribution in [0.2, 0.25) is 0 Å². The van der Waals surface area contributed by atoms with Crippen LogP contribution in [-0.4, -0.2) is 31.6 Å². The van der Waals surface area contributed by atoms with E-state index >= 15 is 0 Å². The number of carbonyl (C=O) groups is 2. The van der Waals surface area contributed by atoms with E-state index in [9.17, 15) is 40.0 Å². The minimum absolute atomic E-state index is 0.0949. The van der Waals surface area contributed by atoms with Crippen LogP contribution in [0.1, 0.15) is 23.2 Å². The van der Waals surface area contributed by atoms with Gasteiger partial charge in [0.2, 0.25) is 5.91 Å². The van der Waals surface area contributed by atoms with Crippen molar-refractivity contribution in [3.63, 3.8) is 0 Å². The van der Waals surface area contributed by atoms with Crippen LogP contribution in [0.3, 0.4) is 0 Å². The first-order valence-corrected chi connectivity index (χ1v) is 9.98. The number of amides is 1. The first kappa shape index (κ1) is 22.5. The zero-order chi connectivity index (χ0) is 23.2. The van der Waals surface area contributed by atoms with Gasteiger partial charge in [0.1, 0.15) is 17.0 Å². The minimum Gasteiger partial charge on any atom is -0.478 e. The molecule has 1 fully saturated rings. The van der Waals surface area contributed by atoms with Crippen molar-refractivity contribution in [2.75, 3.05) is 10.0 Å². The van der Waals surface area contributed by atoms with Crippen LogP contribution in [0.5, 0.6) is 0 Å². The number of anilines is 2. The zero-order valence-electron chi connectivity index (χ0n) is 15.3. The Kier molecular flexibility index (Phi) is 5.42. The van der Waals surface area contributed by atoms with Crippen LogP contribution in [0.4, 0.5) is 33.3 Å². The third-order valence-electron chi connectivity index (χ3n) is 4.68. The second-order valence-corrected chi connectivity index (χ2v) is 8.46. The molecule has 3 N–H and O–H groups in total. The van der Waals surface area contributed by atoms with E-state index in [2.05, 4.69) is 5.32 Å². The normalized spacial score (nSPS) is 15.3. The van der Waals surface area contributed by atoms with Gasteiger partial charge in [-0.2, -0.15) is 13.2 Å². The van der Waals surface area contributed by atoms with E-state index in [1.165, 1.54) is 0 Å². The van der Waals surface area contributed by atoms with E-state index in [-0.39, 0.29) is 18.5 Å². The molecule has 1 aliphatic carbocycles. The van der Waals surface area contributed by atoms with E-state index in [0.717, 1.165) is 24.3 Å². The van der Waals surface area contributed by atoms with Crippen molar-refractivity contribution in [2.45, 2.75) is 23.9 Å². The van der Waals surface area contributed by atoms with Crippen LogP contribution in [0.25, 0.3) is 0 Å². The van der Waals surface area contributed by atoms with Gasteiger partial charge in [0.15, 0.2) is 0 Å². The molecule has 0 aliphatic heterocycles. The summed E-state index contributed by atoms with van der Waals surface area (Å²) < 4.78 is 93.1. The molecular weight excluding hydrogens is 451 g/mol. The van der Waals surface area contributed by atoms with Crippen molar-refractivity contribution in [3.8, 4) is 0 Å². The Hall–Kier alpha value is -3.22. The van der Waals surface area contributed by atoms with Gasteiger partial charge in [-0.15, -0.1) is 0 Å². The zero-order valence-corrected chi connectivity index (χ0v) is 16.1. The predicted molar refractivity (Wildman–Crippen MR) is 96.9 cm³/mol. The fourth-order valence-electron chi connectivity index (χ4n) is 2.73. The third-order valence-corrected chi connectivity index (χ3v) is 6.06. The molecule has 3 rings (SSSR count). The van der Waals surface area contributed by atoms with Crippen molar-refractivity contribution < 1.29 is 45.1 Å². The van der Waals surface area contributed by atoms with Gasteiger partial charge >= 0.3 is 12.1 Å². The van der Waals surface area contributed by atoms with Crippen LogP contribution in [-0.2, 0) is 14.8 Å². The Balaban J connectivity index is 1.77. The molecule has 13 heteroatoms. The van der Waals surface area contributed by atoms with Gasteiger partial charge in [-0.3, -0.25) is 9.52 Å². The van der Waals surface area contributed by atoms with Crippen LogP contribution >= 0.6 is 0 Å². The SMILES string of the molecule is O=C(O)c1cc(F)c(NS(=O)(=O)c2ccc(NC(=O)C3(C(F)(F)F)CC3)cc2)cc1F. The molecule has 0 unspecified atom stereocenters. The molecule has 1 amide bonds. The molecule has 7 nitrogen and oxygen atoms in total. The Morgan fingerprint density at radius 3 is 2.06 bits per heavy atom. The van der Waals surface area contributed by atoms with Gasteiger partial charge < -0.3 is 10.4 Å². The van der Waals surface area contributed by atoms with Gasteiger partial charge in [-0.1, -0.05) is 0 Å². The van der Waals surface area contributed by atoms with Gasteiger partial charge in [-0.05, 0) is 43.2 Å². The van der Waals surface area contributed by atoms with Crippen molar-refractivity contribution in [2.24, 2.45) is 5.41 Å². The maximum atomic E-state index is 14.0. The number of aromatic carboxylic acids is 1. The maximum Gasteiger partial charge on any atom is 0.403 e. The van der Waals surface area contributed by atoms with Crippen LogP contribution in [0.15, 0.2) is 41.3 Å². The summed E-state index contributed by atoms with van der Waals surface area (Å²) in [5.74, 6) is -5.72. The first-order chi connectivity index (χ1) is 14.3. The highest BCUT2D eigenvalue weighted by Crippen LogP contribution is 2.58. The van der Waals surface area contributed by atoms with Gasteiger partial charge in [0, 0.05) is 11.8 Å². The molecule has 166 valence electrons. The topological polar surface area (TPSA) is 113 Å². The summed E-state index contributed by atoms with van der Waals surface area (Å²) in [6, 6.07) is 4.60. The smallest absolute Gasteiger partial charge is 0.403 e. The lowest BCUT2D eigenvalue weighted by atomic mass is 10.1. The Morgan fingerprint density at radius 2 is 1.58 bits per heavy atom. The molecule has 2 aromatic carbocycles. The standard InChI is InChI=1S/C18H13F5N2O5S/c19-12-8-14(13(20)7-11(12)15(26)27)25-31(29,30)10-3-1-9(2-4-10)24-16(28)17(5-6-17)18(21,22)23/h1-4,7-8,25H,5-6H2,(H,24,28)(H,26,27). The van der Waals surface area contributed by atoms with E-state index in [1.807, 2.05) is 0 Å². The molecule has 1 saturated carbocycles. The number of halogens is 5. The fourth-order valence-corrected chi connectivity index (χ4v) is 3.78. The molecule has 0 bridgehead atoms. The Labute approximate surface area is 171 Å². The number of hydrogen-bond acceptors (Lipinski definition) is 4. The van der Waals surface area contributed by atoms with Gasteiger partial charge in [0.05, 0.1) is 16.1 Å². The second-order valence-electron chi connectivity index (χ2n) is 6.78. The van der Waals surface area contributed by atoms with E-state index < -0.39 is 61.3 Å². The third kappa shape index (κ3) is 4.31. The maximum absolute atomic E-state index is 14.0. The van der Waals surface area contributed by atoms with Crippen molar-refractivity contribution in [3.05, 3.63) is 53.6 Å². The lowest BCUT2D eigenvalue weighted by Crippen LogP contribution is -2.36. The molecule has 0 aromatic heterocycles. The Morgan fingerprint density at radius 1 is 1.00 bits per heavy atom. The molecule has 0 radical (unpaired) electrons. The number of rotatable bonds is 6. The molecule has 1 aliphatic rings. The van der Waals surface area contributed by atoms with E-state index in [4.69, 9.17) is 5.11 Å². The number of hydrogen-bond donors (Lipinski definition) is 3. The second kappa shape index (κ2) is 7.48. The van der Waals surface area contributed by atoms with Gasteiger partial charge in [-0.25, -0.2) is 22.0 Å². The summed E-state index contributed by atoms with van der Waals surface area (Å²) in [5, 5.41) is 10.8. The average Bonchev–Trinajstić information content (AvgIpc) is 3.46. The molecule has 0 atom stereocenters. The number of benzene rings is 2. The molecular formula is C18H13F5N2O5S.